The van der Waals surface area contributed by atoms with Crippen LogP contribution in [0.3, 0.4) is 0 Å². The van der Waals surface area contributed by atoms with Crippen LogP contribution >= 0.6 is 15.9 Å². The second kappa shape index (κ2) is 5.19. The van der Waals surface area contributed by atoms with Crippen LogP contribution in [-0.2, 0) is 4.74 Å². The number of rotatable bonds is 3. The Balaban J connectivity index is 2.16. The Morgan fingerprint density at radius 2 is 2.22 bits per heavy atom. The Bertz CT molecular complexity index is 434. The maximum Gasteiger partial charge on any atom is 0.124 e. The molecule has 2 atom stereocenters. The van der Waals surface area contributed by atoms with Crippen molar-refractivity contribution in [3.8, 4) is 5.75 Å². The molecule has 0 aromatic heterocycles. The van der Waals surface area contributed by atoms with Crippen LogP contribution in [-0.4, -0.2) is 18.8 Å². The van der Waals surface area contributed by atoms with Crippen molar-refractivity contribution in [2.75, 3.05) is 7.11 Å². The Morgan fingerprint density at radius 1 is 1.50 bits per heavy atom. The molecule has 1 aromatic carbocycles. The molecule has 0 bridgehead atoms. The van der Waals surface area contributed by atoms with Crippen molar-refractivity contribution in [1.29, 1.82) is 0 Å². The molecule has 1 aromatic rings. The second-order valence-corrected chi connectivity index (χ2v) is 6.35. The zero-order valence-corrected chi connectivity index (χ0v) is 12.7. The molecule has 1 unspecified atom stereocenters. The number of fused-ring (bicyclic) bond motifs is 1. The van der Waals surface area contributed by atoms with E-state index in [-0.39, 0.29) is 17.7 Å². The minimum Gasteiger partial charge on any atom is -0.490 e. The van der Waals surface area contributed by atoms with Gasteiger partial charge in [-0.3, -0.25) is 0 Å². The summed E-state index contributed by atoms with van der Waals surface area (Å²) in [5.41, 5.74) is 7.12. The summed E-state index contributed by atoms with van der Waals surface area (Å²) in [7, 11) is 1.73. The van der Waals surface area contributed by atoms with E-state index in [4.69, 9.17) is 15.2 Å². The van der Waals surface area contributed by atoms with Gasteiger partial charge in [0.05, 0.1) is 5.60 Å². The van der Waals surface area contributed by atoms with E-state index in [0.717, 1.165) is 28.6 Å². The molecule has 0 saturated heterocycles. The Morgan fingerprint density at radius 3 is 2.89 bits per heavy atom. The minimum absolute atomic E-state index is 0.0314. The first-order chi connectivity index (χ1) is 8.41. The van der Waals surface area contributed by atoms with E-state index in [2.05, 4.69) is 29.8 Å². The van der Waals surface area contributed by atoms with Crippen LogP contribution in [0, 0.1) is 0 Å². The molecule has 0 radical (unpaired) electrons. The summed E-state index contributed by atoms with van der Waals surface area (Å²) < 4.78 is 12.5. The van der Waals surface area contributed by atoms with Crippen molar-refractivity contribution in [2.45, 2.75) is 44.4 Å². The van der Waals surface area contributed by atoms with Crippen LogP contribution in [0.2, 0.25) is 0 Å². The van der Waals surface area contributed by atoms with Crippen LogP contribution in [0.4, 0.5) is 0 Å². The third kappa shape index (κ3) is 3.05. The molecular weight excluding hydrogens is 294 g/mol. The quantitative estimate of drug-likeness (QED) is 0.930. The predicted octanol–water partition coefficient (Wildman–Crippen LogP) is 3.42. The average molecular weight is 314 g/mol. The van der Waals surface area contributed by atoms with Crippen molar-refractivity contribution >= 4 is 15.9 Å². The topological polar surface area (TPSA) is 44.5 Å². The Labute approximate surface area is 117 Å². The van der Waals surface area contributed by atoms with Gasteiger partial charge in [0.2, 0.25) is 0 Å². The fraction of sp³-hybridized carbons (Fsp3) is 0.571. The van der Waals surface area contributed by atoms with Gasteiger partial charge in [0.1, 0.15) is 11.9 Å². The second-order valence-electron chi connectivity index (χ2n) is 5.43. The number of methoxy groups -OCH3 is 1. The van der Waals surface area contributed by atoms with E-state index in [1.54, 1.807) is 7.11 Å². The highest BCUT2D eigenvalue weighted by Crippen LogP contribution is 2.37. The molecule has 0 spiro atoms. The van der Waals surface area contributed by atoms with Gasteiger partial charge in [-0.2, -0.15) is 0 Å². The standard InChI is InChI=1S/C14H20BrNO2/c1-14(2,17-3)8-10-7-12(16)11-6-9(15)4-5-13(11)18-10/h4-6,10,12H,7-8,16H2,1-3H3/t10?,12-/m1/s1. The van der Waals surface area contributed by atoms with Crippen molar-refractivity contribution in [3.63, 3.8) is 0 Å². The van der Waals surface area contributed by atoms with Gasteiger partial charge in [-0.15, -0.1) is 0 Å². The van der Waals surface area contributed by atoms with E-state index < -0.39 is 0 Å². The van der Waals surface area contributed by atoms with E-state index in [9.17, 15) is 0 Å². The van der Waals surface area contributed by atoms with Crippen LogP contribution < -0.4 is 10.5 Å². The van der Waals surface area contributed by atoms with E-state index in [1.165, 1.54) is 0 Å². The molecule has 0 saturated carbocycles. The molecule has 18 heavy (non-hydrogen) atoms. The third-order valence-corrected chi connectivity index (χ3v) is 3.95. The largest absolute Gasteiger partial charge is 0.490 e. The van der Waals surface area contributed by atoms with Gasteiger partial charge < -0.3 is 15.2 Å². The summed E-state index contributed by atoms with van der Waals surface area (Å²) in [6.45, 7) is 4.14. The molecule has 100 valence electrons. The lowest BCUT2D eigenvalue weighted by atomic mass is 9.91. The molecule has 4 heteroatoms. The van der Waals surface area contributed by atoms with Gasteiger partial charge in [-0.25, -0.2) is 0 Å². The van der Waals surface area contributed by atoms with Crippen LogP contribution in [0.1, 0.15) is 38.3 Å². The van der Waals surface area contributed by atoms with Gasteiger partial charge in [0.15, 0.2) is 0 Å². The number of nitrogens with two attached hydrogens (primary N) is 1. The smallest absolute Gasteiger partial charge is 0.124 e. The minimum atomic E-state index is -0.183. The Kier molecular flexibility index (Phi) is 3.99. The SMILES string of the molecule is COC(C)(C)CC1C[C@@H](N)c2cc(Br)ccc2O1. The lowest BCUT2D eigenvalue weighted by Gasteiger charge is -2.34. The molecule has 0 aliphatic carbocycles. The molecule has 1 heterocycles. The van der Waals surface area contributed by atoms with Gasteiger partial charge in [0.25, 0.3) is 0 Å². The zero-order chi connectivity index (χ0) is 13.3. The monoisotopic (exact) mass is 313 g/mol. The van der Waals surface area contributed by atoms with E-state index in [1.807, 2.05) is 18.2 Å². The summed E-state index contributed by atoms with van der Waals surface area (Å²) in [5.74, 6) is 0.897. The van der Waals surface area contributed by atoms with Crippen LogP contribution in [0.15, 0.2) is 22.7 Å². The molecule has 2 rings (SSSR count). The van der Waals surface area contributed by atoms with Crippen molar-refractivity contribution in [2.24, 2.45) is 5.73 Å². The van der Waals surface area contributed by atoms with Gasteiger partial charge >= 0.3 is 0 Å². The third-order valence-electron chi connectivity index (χ3n) is 3.45. The normalized spacial score (nSPS) is 23.4. The summed E-state index contributed by atoms with van der Waals surface area (Å²) in [6, 6.07) is 6.03. The maximum atomic E-state index is 6.22. The molecule has 1 aliphatic heterocycles. The van der Waals surface area contributed by atoms with Gasteiger partial charge in [0, 0.05) is 36.0 Å². The number of halogens is 1. The van der Waals surface area contributed by atoms with Crippen molar-refractivity contribution < 1.29 is 9.47 Å². The van der Waals surface area contributed by atoms with E-state index in [0.29, 0.717) is 0 Å². The van der Waals surface area contributed by atoms with E-state index >= 15 is 0 Å². The number of hydrogen-bond donors (Lipinski definition) is 1. The van der Waals surface area contributed by atoms with Crippen LogP contribution in [0.5, 0.6) is 5.75 Å². The highest BCUT2D eigenvalue weighted by atomic mass is 79.9. The number of hydrogen-bond acceptors (Lipinski definition) is 3. The summed E-state index contributed by atoms with van der Waals surface area (Å²) in [5, 5.41) is 0. The molecule has 0 fully saturated rings. The summed E-state index contributed by atoms with van der Waals surface area (Å²) in [6.07, 6.45) is 1.78. The van der Waals surface area contributed by atoms with Crippen molar-refractivity contribution in [3.05, 3.63) is 28.2 Å². The molecule has 3 nitrogen and oxygen atoms in total. The Hall–Kier alpha value is -0.580. The van der Waals surface area contributed by atoms with Crippen LogP contribution in [0.25, 0.3) is 0 Å². The highest BCUT2D eigenvalue weighted by Gasteiger charge is 2.31. The number of ether oxygens (including phenoxy) is 2. The first-order valence-electron chi connectivity index (χ1n) is 6.18. The molecule has 0 amide bonds. The number of benzene rings is 1. The molecule has 1 aliphatic rings. The predicted molar refractivity (Wildman–Crippen MR) is 75.8 cm³/mol. The highest BCUT2D eigenvalue weighted by molar-refractivity contribution is 9.10. The average Bonchev–Trinajstić information content (AvgIpc) is 2.30. The summed E-state index contributed by atoms with van der Waals surface area (Å²) >= 11 is 3.46. The lowest BCUT2D eigenvalue weighted by molar-refractivity contribution is -0.0194. The maximum absolute atomic E-state index is 6.22. The summed E-state index contributed by atoms with van der Waals surface area (Å²) in [4.78, 5) is 0. The molecule has 2 N–H and O–H groups in total. The lowest BCUT2D eigenvalue weighted by Crippen LogP contribution is -2.36. The molecular formula is C14H20BrNO2. The first-order valence-corrected chi connectivity index (χ1v) is 6.97. The first kappa shape index (κ1) is 13.8. The van der Waals surface area contributed by atoms with Gasteiger partial charge in [-0.05, 0) is 32.0 Å². The van der Waals surface area contributed by atoms with Crippen molar-refractivity contribution in [1.82, 2.24) is 0 Å². The fourth-order valence-electron chi connectivity index (χ4n) is 2.31. The zero-order valence-electron chi connectivity index (χ0n) is 11.1. The fourth-order valence-corrected chi connectivity index (χ4v) is 2.69. The van der Waals surface area contributed by atoms with Gasteiger partial charge in [-0.1, -0.05) is 15.9 Å².